The number of ether oxygens (including phenoxy) is 1. The van der Waals surface area contributed by atoms with Crippen molar-refractivity contribution in [3.05, 3.63) is 12.7 Å². The normalized spacial score (nSPS) is 32.4. The molecule has 1 rings (SSSR count). The molecule has 0 aliphatic carbocycles. The summed E-state index contributed by atoms with van der Waals surface area (Å²) < 4.78 is 5.24. The predicted molar refractivity (Wildman–Crippen MR) is 42.2 cm³/mol. The van der Waals surface area contributed by atoms with E-state index >= 15 is 0 Å². The largest absolute Gasteiger partial charge is 0.478 e. The van der Waals surface area contributed by atoms with E-state index in [1.165, 1.54) is 0 Å². The molecule has 0 N–H and O–H groups in total. The van der Waals surface area contributed by atoms with E-state index in [1.54, 1.807) is 6.08 Å². The van der Waals surface area contributed by atoms with Gasteiger partial charge >= 0.3 is 0 Å². The molecule has 2 heteroatoms. The molecule has 1 aliphatic rings. The van der Waals surface area contributed by atoms with Gasteiger partial charge in [-0.15, -0.1) is 0 Å². The van der Waals surface area contributed by atoms with Crippen LogP contribution in [0.3, 0.4) is 0 Å². The molecule has 0 radical (unpaired) electrons. The summed E-state index contributed by atoms with van der Waals surface area (Å²) in [7, 11) is 0. The molecule has 0 aromatic heterocycles. The zero-order valence-corrected chi connectivity index (χ0v) is 6.50. The van der Waals surface area contributed by atoms with E-state index < -0.39 is 0 Å². The second kappa shape index (κ2) is 2.86. The molecule has 0 aromatic carbocycles. The van der Waals surface area contributed by atoms with Crippen LogP contribution in [-0.2, 0) is 4.74 Å². The van der Waals surface area contributed by atoms with Crippen LogP contribution in [0.15, 0.2) is 17.6 Å². The highest BCUT2D eigenvalue weighted by atomic mass is 16.5. The van der Waals surface area contributed by atoms with Gasteiger partial charge in [-0.3, -0.25) is 0 Å². The van der Waals surface area contributed by atoms with Crippen molar-refractivity contribution >= 4 is 5.90 Å². The Balaban J connectivity index is 2.65. The Morgan fingerprint density at radius 2 is 2.40 bits per heavy atom. The average Bonchev–Trinajstić information content (AvgIpc) is 1.95. The molecular formula is C8H13NO. The number of aliphatic imine (C=N–C) groups is 1. The highest BCUT2D eigenvalue weighted by Crippen LogP contribution is 2.13. The molecule has 1 aliphatic heterocycles. The van der Waals surface area contributed by atoms with Crippen LogP contribution in [0.25, 0.3) is 0 Å². The van der Waals surface area contributed by atoms with Crippen LogP contribution in [0.2, 0.25) is 0 Å². The zero-order chi connectivity index (χ0) is 7.56. The van der Waals surface area contributed by atoms with Crippen molar-refractivity contribution in [2.75, 3.05) is 6.61 Å². The maximum absolute atomic E-state index is 5.24. The fourth-order valence-electron chi connectivity index (χ4n) is 0.833. The Kier molecular flexibility index (Phi) is 2.10. The Labute approximate surface area is 61.6 Å². The lowest BCUT2D eigenvalue weighted by molar-refractivity contribution is 0.208. The van der Waals surface area contributed by atoms with Crippen LogP contribution >= 0.6 is 0 Å². The minimum absolute atomic E-state index is 0.377. The molecule has 2 atom stereocenters. The Morgan fingerprint density at radius 1 is 1.70 bits per heavy atom. The van der Waals surface area contributed by atoms with Gasteiger partial charge in [-0.2, -0.15) is 0 Å². The van der Waals surface area contributed by atoms with E-state index in [4.69, 9.17) is 4.74 Å². The van der Waals surface area contributed by atoms with Crippen molar-refractivity contribution in [3.8, 4) is 0 Å². The number of hydrogen-bond acceptors (Lipinski definition) is 2. The van der Waals surface area contributed by atoms with Crippen LogP contribution in [0.4, 0.5) is 0 Å². The molecule has 2 nitrogen and oxygen atoms in total. The minimum atomic E-state index is 0.377. The van der Waals surface area contributed by atoms with Crippen LogP contribution < -0.4 is 0 Å². The molecule has 0 saturated carbocycles. The summed E-state index contributed by atoms with van der Waals surface area (Å²) >= 11 is 0. The SMILES string of the molecule is C=CC1=NC(C)C(C)CO1. The summed E-state index contributed by atoms with van der Waals surface area (Å²) in [6.07, 6.45) is 1.66. The predicted octanol–water partition coefficient (Wildman–Crippen LogP) is 1.63. The van der Waals surface area contributed by atoms with E-state index in [0.29, 0.717) is 17.9 Å². The van der Waals surface area contributed by atoms with E-state index in [2.05, 4.69) is 25.4 Å². The molecule has 2 unspecified atom stereocenters. The lowest BCUT2D eigenvalue weighted by atomic mass is 10.1. The summed E-state index contributed by atoms with van der Waals surface area (Å²) in [6.45, 7) is 8.58. The number of hydrogen-bond donors (Lipinski definition) is 0. The topological polar surface area (TPSA) is 21.6 Å². The number of rotatable bonds is 1. The van der Waals surface area contributed by atoms with E-state index in [1.807, 2.05) is 0 Å². The molecule has 10 heavy (non-hydrogen) atoms. The van der Waals surface area contributed by atoms with Gasteiger partial charge in [-0.25, -0.2) is 4.99 Å². The van der Waals surface area contributed by atoms with Gasteiger partial charge in [0.15, 0.2) is 0 Å². The first-order valence-corrected chi connectivity index (χ1v) is 3.57. The molecule has 0 spiro atoms. The van der Waals surface area contributed by atoms with Crippen molar-refractivity contribution in [1.82, 2.24) is 0 Å². The first-order chi connectivity index (χ1) is 4.74. The smallest absolute Gasteiger partial charge is 0.208 e. The van der Waals surface area contributed by atoms with E-state index in [9.17, 15) is 0 Å². The molecule has 0 saturated heterocycles. The molecule has 0 bridgehead atoms. The van der Waals surface area contributed by atoms with Crippen molar-refractivity contribution in [3.63, 3.8) is 0 Å². The van der Waals surface area contributed by atoms with Crippen molar-refractivity contribution < 1.29 is 4.74 Å². The van der Waals surface area contributed by atoms with Gasteiger partial charge in [0.1, 0.15) is 0 Å². The monoisotopic (exact) mass is 139 g/mol. The van der Waals surface area contributed by atoms with Crippen molar-refractivity contribution in [2.45, 2.75) is 19.9 Å². The highest BCUT2D eigenvalue weighted by Gasteiger charge is 2.17. The Hall–Kier alpha value is -0.790. The second-order valence-corrected chi connectivity index (χ2v) is 2.70. The van der Waals surface area contributed by atoms with Crippen molar-refractivity contribution in [1.29, 1.82) is 0 Å². The van der Waals surface area contributed by atoms with Gasteiger partial charge in [0, 0.05) is 5.92 Å². The minimum Gasteiger partial charge on any atom is -0.478 e. The fourth-order valence-corrected chi connectivity index (χ4v) is 0.833. The van der Waals surface area contributed by atoms with Crippen LogP contribution in [-0.4, -0.2) is 18.5 Å². The Bertz CT molecular complexity index is 163. The first-order valence-electron chi connectivity index (χ1n) is 3.57. The van der Waals surface area contributed by atoms with Gasteiger partial charge in [0.25, 0.3) is 0 Å². The van der Waals surface area contributed by atoms with Gasteiger partial charge < -0.3 is 4.74 Å². The standard InChI is InChI=1S/C8H13NO/c1-4-8-9-7(3)6(2)5-10-8/h4,6-7H,1,5H2,2-3H3. The van der Waals surface area contributed by atoms with Crippen LogP contribution in [0.1, 0.15) is 13.8 Å². The van der Waals surface area contributed by atoms with Gasteiger partial charge in [-0.05, 0) is 13.0 Å². The van der Waals surface area contributed by atoms with Crippen molar-refractivity contribution in [2.24, 2.45) is 10.9 Å². The van der Waals surface area contributed by atoms with Crippen LogP contribution in [0, 0.1) is 5.92 Å². The summed E-state index contributed by atoms with van der Waals surface area (Å²) in [5.41, 5.74) is 0. The fraction of sp³-hybridized carbons (Fsp3) is 0.625. The third kappa shape index (κ3) is 1.38. The molecule has 0 aromatic rings. The lowest BCUT2D eigenvalue weighted by Gasteiger charge is -2.22. The van der Waals surface area contributed by atoms with Crippen LogP contribution in [0.5, 0.6) is 0 Å². The molecule has 1 heterocycles. The van der Waals surface area contributed by atoms with E-state index in [0.717, 1.165) is 6.61 Å². The van der Waals surface area contributed by atoms with E-state index in [-0.39, 0.29) is 0 Å². The Morgan fingerprint density at radius 3 is 2.90 bits per heavy atom. The zero-order valence-electron chi connectivity index (χ0n) is 6.50. The van der Waals surface area contributed by atoms with Gasteiger partial charge in [0.2, 0.25) is 5.90 Å². The maximum Gasteiger partial charge on any atom is 0.208 e. The summed E-state index contributed by atoms with van der Waals surface area (Å²) in [4.78, 5) is 4.26. The highest BCUT2D eigenvalue weighted by molar-refractivity contribution is 5.87. The summed E-state index contributed by atoms with van der Waals surface area (Å²) in [6, 6.07) is 0.377. The third-order valence-corrected chi connectivity index (χ3v) is 1.82. The molecule has 0 amide bonds. The summed E-state index contributed by atoms with van der Waals surface area (Å²) in [5.74, 6) is 1.22. The molecular weight excluding hydrogens is 126 g/mol. The van der Waals surface area contributed by atoms with Gasteiger partial charge in [-0.1, -0.05) is 13.5 Å². The lowest BCUT2D eigenvalue weighted by Crippen LogP contribution is -2.26. The molecule has 0 fully saturated rings. The van der Waals surface area contributed by atoms with Gasteiger partial charge in [0.05, 0.1) is 12.6 Å². The second-order valence-electron chi connectivity index (χ2n) is 2.70. The average molecular weight is 139 g/mol. The quantitative estimate of drug-likeness (QED) is 0.541. The maximum atomic E-state index is 5.24. The number of nitrogens with zero attached hydrogens (tertiary/aromatic N) is 1. The summed E-state index contributed by atoms with van der Waals surface area (Å²) in [5, 5.41) is 0. The third-order valence-electron chi connectivity index (χ3n) is 1.82. The molecule has 56 valence electrons. The first kappa shape index (κ1) is 7.32.